The number of alkyl halides is 1. The third kappa shape index (κ3) is 2.41. The zero-order chi connectivity index (χ0) is 17.1. The Morgan fingerprint density at radius 2 is 1.86 bits per heavy atom. The van der Waals surface area contributed by atoms with Crippen LogP contribution in [0.3, 0.4) is 0 Å². The van der Waals surface area contributed by atoms with E-state index in [0.29, 0.717) is 5.92 Å². The summed E-state index contributed by atoms with van der Waals surface area (Å²) in [5, 5.41) is 8.95. The molecule has 0 unspecified atom stereocenters. The van der Waals surface area contributed by atoms with E-state index >= 15 is 0 Å². The summed E-state index contributed by atoms with van der Waals surface area (Å²) in [6, 6.07) is 0. The Kier molecular flexibility index (Phi) is 4.44. The second-order valence-corrected chi connectivity index (χ2v) is 13.9. The number of hydrogen-bond donors (Lipinski definition) is 1. The number of fused-ring (bicyclic) bond motifs is 2. The van der Waals surface area contributed by atoms with E-state index in [1.165, 1.54) is 0 Å². The molecule has 0 heterocycles. The zero-order valence-electron chi connectivity index (χ0n) is 15.0. The van der Waals surface area contributed by atoms with Crippen LogP contribution in [0.25, 0.3) is 0 Å². The first-order valence-electron chi connectivity index (χ1n) is 8.35. The zero-order valence-corrected chi connectivity index (χ0v) is 16.8. The molecule has 2 rings (SSSR count). The van der Waals surface area contributed by atoms with Gasteiger partial charge in [-0.05, 0) is 57.2 Å². The molecule has 2 fully saturated rings. The molecule has 0 aromatic rings. The van der Waals surface area contributed by atoms with Gasteiger partial charge < -0.3 is 9.53 Å². The first kappa shape index (κ1) is 18.4. The van der Waals surface area contributed by atoms with Gasteiger partial charge in [-0.25, -0.2) is 0 Å². The van der Waals surface area contributed by atoms with Crippen molar-refractivity contribution in [1.29, 1.82) is 0 Å². The first-order chi connectivity index (χ1) is 9.78. The minimum absolute atomic E-state index is 0.0532. The van der Waals surface area contributed by atoms with Gasteiger partial charge in [-0.15, -0.1) is 11.6 Å². The second kappa shape index (κ2) is 5.30. The number of carbonyl (C=O) groups excluding carboxylic acids is 1. The van der Waals surface area contributed by atoms with Gasteiger partial charge in [0, 0.05) is 5.41 Å². The molecule has 5 heteroatoms. The van der Waals surface area contributed by atoms with E-state index in [2.05, 4.69) is 40.4 Å². The van der Waals surface area contributed by atoms with Crippen molar-refractivity contribution in [3.8, 4) is 0 Å². The van der Waals surface area contributed by atoms with Crippen LogP contribution in [0.5, 0.6) is 0 Å². The average molecular weight is 347 g/mol. The molecular formula is C17H31ClO3Si. The lowest BCUT2D eigenvalue weighted by molar-refractivity contribution is -0.152. The number of Topliss-reactive ketones (excluding diaryl/α,β-unsaturated/α-hetero) is 1. The van der Waals surface area contributed by atoms with Crippen molar-refractivity contribution in [3.63, 3.8) is 0 Å². The summed E-state index contributed by atoms with van der Waals surface area (Å²) in [7, 11) is -1.95. The largest absolute Gasteiger partial charge is 0.404 e. The predicted octanol–water partition coefficient (Wildman–Crippen LogP) is 3.98. The monoisotopic (exact) mass is 346 g/mol. The van der Waals surface area contributed by atoms with E-state index in [1.807, 2.05) is 0 Å². The molecule has 22 heavy (non-hydrogen) atoms. The molecule has 0 aromatic heterocycles. The molecule has 2 aliphatic carbocycles. The molecule has 128 valence electrons. The third-order valence-corrected chi connectivity index (χ3v) is 7.94. The molecule has 0 spiro atoms. The van der Waals surface area contributed by atoms with Gasteiger partial charge in [0.2, 0.25) is 0 Å². The Bertz CT molecular complexity index is 471. The minimum atomic E-state index is -1.95. The normalized spacial score (nSPS) is 39.8. The van der Waals surface area contributed by atoms with E-state index in [-0.39, 0.29) is 16.6 Å². The SMILES string of the molecule is C[C@@H](O)[C@@H](Cl)C(=O)[C@@]1(O[Si](C)(C)C)C[C@H]2CC[C@]1(C)C2(C)C. The quantitative estimate of drug-likeness (QED) is 0.605. The standard InChI is InChI=1S/C17H31ClO3Si/c1-11(19)13(18)14(20)17(21-22(5,6)7)10-12-8-9-16(17,4)15(12,2)3/h11-13,19H,8-10H2,1-7H3/t11-,12-,13-,16-,17+/m1/s1. The molecule has 2 saturated carbocycles. The van der Waals surface area contributed by atoms with Gasteiger partial charge in [0.1, 0.15) is 11.0 Å². The highest BCUT2D eigenvalue weighted by Gasteiger charge is 2.73. The first-order valence-corrected chi connectivity index (χ1v) is 12.2. The predicted molar refractivity (Wildman–Crippen MR) is 92.7 cm³/mol. The lowest BCUT2D eigenvalue weighted by Gasteiger charge is -2.50. The lowest BCUT2D eigenvalue weighted by atomic mass is 9.62. The molecule has 0 aliphatic heterocycles. The van der Waals surface area contributed by atoms with Crippen molar-refractivity contribution in [2.24, 2.45) is 16.7 Å². The molecule has 1 N–H and O–H groups in total. The summed E-state index contributed by atoms with van der Waals surface area (Å²) < 4.78 is 6.59. The van der Waals surface area contributed by atoms with Crippen LogP contribution in [0.15, 0.2) is 0 Å². The van der Waals surface area contributed by atoms with Gasteiger partial charge in [-0.3, -0.25) is 4.79 Å². The van der Waals surface area contributed by atoms with E-state index < -0.39 is 25.4 Å². The summed E-state index contributed by atoms with van der Waals surface area (Å²) in [5.41, 5.74) is -1.00. The highest BCUT2D eigenvalue weighted by molar-refractivity contribution is 6.70. The Hall–Kier alpha value is 0.0969. The fourth-order valence-corrected chi connectivity index (χ4v) is 6.42. The van der Waals surface area contributed by atoms with Gasteiger partial charge >= 0.3 is 0 Å². The highest BCUT2D eigenvalue weighted by atomic mass is 35.5. The van der Waals surface area contributed by atoms with Crippen molar-refractivity contribution in [2.75, 3.05) is 0 Å². The van der Waals surface area contributed by atoms with Crippen molar-refractivity contribution < 1.29 is 14.3 Å². The number of aliphatic hydroxyl groups excluding tert-OH is 1. The van der Waals surface area contributed by atoms with E-state index in [9.17, 15) is 9.90 Å². The van der Waals surface area contributed by atoms with Crippen molar-refractivity contribution in [1.82, 2.24) is 0 Å². The molecule has 2 bridgehead atoms. The summed E-state index contributed by atoms with van der Waals surface area (Å²) >= 11 is 6.29. The molecule has 3 nitrogen and oxygen atoms in total. The minimum Gasteiger partial charge on any atom is -0.404 e. The molecule has 5 atom stereocenters. The van der Waals surface area contributed by atoms with Crippen LogP contribution in [-0.2, 0) is 9.22 Å². The number of rotatable bonds is 5. The van der Waals surface area contributed by atoms with Crippen molar-refractivity contribution >= 4 is 25.7 Å². The fourth-order valence-electron chi connectivity index (χ4n) is 4.79. The van der Waals surface area contributed by atoms with Crippen LogP contribution in [-0.4, -0.2) is 36.3 Å². The maximum absolute atomic E-state index is 13.3. The summed E-state index contributed by atoms with van der Waals surface area (Å²) in [6.07, 6.45) is 2.02. The average Bonchev–Trinajstić information content (AvgIpc) is 2.67. The van der Waals surface area contributed by atoms with Crippen LogP contribution in [0.4, 0.5) is 0 Å². The van der Waals surface area contributed by atoms with Crippen LogP contribution in [0.1, 0.15) is 47.0 Å². The van der Waals surface area contributed by atoms with Crippen LogP contribution < -0.4 is 0 Å². The molecular weight excluding hydrogens is 316 g/mol. The van der Waals surface area contributed by atoms with Gasteiger partial charge in [0.25, 0.3) is 0 Å². The number of hydrogen-bond acceptors (Lipinski definition) is 3. The molecule has 0 amide bonds. The Morgan fingerprint density at radius 1 is 1.32 bits per heavy atom. The van der Waals surface area contributed by atoms with Gasteiger partial charge in [0.15, 0.2) is 14.1 Å². The molecule has 0 aromatic carbocycles. The Morgan fingerprint density at radius 3 is 2.18 bits per heavy atom. The summed E-state index contributed by atoms with van der Waals surface area (Å²) in [6.45, 7) is 14.7. The van der Waals surface area contributed by atoms with Crippen LogP contribution >= 0.6 is 11.6 Å². The molecule has 2 aliphatic rings. The van der Waals surface area contributed by atoms with E-state index in [4.69, 9.17) is 16.0 Å². The third-order valence-electron chi connectivity index (χ3n) is 6.41. The van der Waals surface area contributed by atoms with Gasteiger partial charge in [-0.1, -0.05) is 20.8 Å². The Labute approximate surface area is 140 Å². The van der Waals surface area contributed by atoms with E-state index in [0.717, 1.165) is 19.3 Å². The fraction of sp³-hybridized carbons (Fsp3) is 0.941. The topological polar surface area (TPSA) is 46.5 Å². The van der Waals surface area contributed by atoms with Gasteiger partial charge in [0.05, 0.1) is 6.10 Å². The van der Waals surface area contributed by atoms with E-state index in [1.54, 1.807) is 6.92 Å². The molecule has 0 radical (unpaired) electrons. The van der Waals surface area contributed by atoms with Crippen molar-refractivity contribution in [3.05, 3.63) is 0 Å². The number of halogens is 1. The van der Waals surface area contributed by atoms with Crippen molar-refractivity contribution in [2.45, 2.75) is 83.7 Å². The molecule has 0 saturated heterocycles. The maximum atomic E-state index is 13.3. The summed E-state index contributed by atoms with van der Waals surface area (Å²) in [4.78, 5) is 13.3. The second-order valence-electron chi connectivity index (χ2n) is 9.04. The highest BCUT2D eigenvalue weighted by Crippen LogP contribution is 2.71. The van der Waals surface area contributed by atoms with Crippen LogP contribution in [0, 0.1) is 16.7 Å². The Balaban J connectivity index is 2.53. The number of aliphatic hydroxyl groups is 1. The summed E-state index contributed by atoms with van der Waals surface area (Å²) in [5.74, 6) is 0.375. The number of carbonyl (C=O) groups is 1. The maximum Gasteiger partial charge on any atom is 0.185 e. The number of ketones is 1. The smallest absolute Gasteiger partial charge is 0.185 e. The van der Waals surface area contributed by atoms with Crippen LogP contribution in [0.2, 0.25) is 19.6 Å². The lowest BCUT2D eigenvalue weighted by Crippen LogP contribution is -2.61. The van der Waals surface area contributed by atoms with Gasteiger partial charge in [-0.2, -0.15) is 0 Å².